The Labute approximate surface area is 185 Å². The lowest BCUT2D eigenvalue weighted by Gasteiger charge is -2.23. The Balaban J connectivity index is 1.39. The van der Waals surface area contributed by atoms with Crippen LogP contribution in [-0.2, 0) is 21.2 Å². The molecule has 0 radical (unpaired) electrons. The van der Waals surface area contributed by atoms with Crippen LogP contribution >= 0.6 is 11.6 Å². The molecule has 31 heavy (non-hydrogen) atoms. The first-order chi connectivity index (χ1) is 14.9. The van der Waals surface area contributed by atoms with Gasteiger partial charge in [-0.15, -0.1) is 0 Å². The van der Waals surface area contributed by atoms with Crippen LogP contribution in [0, 0.1) is 5.82 Å². The van der Waals surface area contributed by atoms with E-state index in [2.05, 4.69) is 5.32 Å². The number of hydrogen-bond donors (Lipinski definition) is 1. The zero-order valence-electron chi connectivity index (χ0n) is 16.6. The van der Waals surface area contributed by atoms with E-state index in [0.29, 0.717) is 55.5 Å². The maximum Gasteiger partial charge on any atom is 0.243 e. The molecule has 10 heteroatoms. The van der Waals surface area contributed by atoms with Gasteiger partial charge in [0.25, 0.3) is 0 Å². The molecule has 0 bridgehead atoms. The summed E-state index contributed by atoms with van der Waals surface area (Å²) in [5.41, 5.74) is 0.872. The number of halogens is 2. The summed E-state index contributed by atoms with van der Waals surface area (Å²) in [5, 5.41) is 3.26. The standard InChI is InChI=1S/C21H22ClFN2O5S/c22-17-12-14(13-19-20(17)30-11-10-29-19)7-8-24-21(26)18-2-1-9-25(18)31(27,28)16-5-3-15(23)4-6-16/h3-6,12-13,18H,1-2,7-11H2,(H,24,26)/t18-/m1/s1. The first kappa shape index (κ1) is 21.9. The van der Waals surface area contributed by atoms with Crippen molar-refractivity contribution in [3.05, 3.63) is 52.8 Å². The molecule has 2 aromatic carbocycles. The number of benzene rings is 2. The highest BCUT2D eigenvalue weighted by Crippen LogP contribution is 2.38. The third-order valence-electron chi connectivity index (χ3n) is 5.30. The Morgan fingerprint density at radius 3 is 2.71 bits per heavy atom. The van der Waals surface area contributed by atoms with Gasteiger partial charge in [-0.25, -0.2) is 12.8 Å². The minimum Gasteiger partial charge on any atom is -0.486 e. The van der Waals surface area contributed by atoms with E-state index in [4.69, 9.17) is 21.1 Å². The molecule has 1 N–H and O–H groups in total. The molecule has 2 aromatic rings. The summed E-state index contributed by atoms with van der Waals surface area (Å²) in [5.74, 6) is 0.224. The van der Waals surface area contributed by atoms with E-state index in [1.54, 1.807) is 6.07 Å². The van der Waals surface area contributed by atoms with Crippen LogP contribution in [0.5, 0.6) is 11.5 Å². The van der Waals surface area contributed by atoms with Crippen LogP contribution in [0.25, 0.3) is 0 Å². The Kier molecular flexibility index (Phi) is 6.36. The SMILES string of the molecule is O=C(NCCc1cc(Cl)c2c(c1)OCCO2)[C@H]1CCCN1S(=O)(=O)c1ccc(F)cc1. The number of rotatable bonds is 6. The van der Waals surface area contributed by atoms with Gasteiger partial charge in [-0.05, 0) is 61.2 Å². The lowest BCUT2D eigenvalue weighted by atomic mass is 10.1. The Morgan fingerprint density at radius 2 is 1.94 bits per heavy atom. The first-order valence-electron chi connectivity index (χ1n) is 9.99. The van der Waals surface area contributed by atoms with E-state index in [-0.39, 0.29) is 17.3 Å². The fourth-order valence-corrected chi connectivity index (χ4v) is 5.73. The van der Waals surface area contributed by atoms with Crippen molar-refractivity contribution in [3.8, 4) is 11.5 Å². The molecule has 1 atom stereocenters. The van der Waals surface area contributed by atoms with Gasteiger partial charge in [-0.3, -0.25) is 4.79 Å². The van der Waals surface area contributed by atoms with Gasteiger partial charge in [0, 0.05) is 13.1 Å². The maximum absolute atomic E-state index is 13.2. The molecule has 2 aliphatic heterocycles. The molecule has 0 saturated carbocycles. The number of carbonyl (C=O) groups excluding carboxylic acids is 1. The number of nitrogens with one attached hydrogen (secondary N) is 1. The van der Waals surface area contributed by atoms with Gasteiger partial charge in [0.05, 0.1) is 9.92 Å². The van der Waals surface area contributed by atoms with Crippen LogP contribution in [-0.4, -0.2) is 51.0 Å². The molecule has 0 spiro atoms. The molecule has 0 aliphatic carbocycles. The topological polar surface area (TPSA) is 84.9 Å². The fraction of sp³-hybridized carbons (Fsp3) is 0.381. The molecule has 1 saturated heterocycles. The van der Waals surface area contributed by atoms with Gasteiger partial charge in [0.2, 0.25) is 15.9 Å². The van der Waals surface area contributed by atoms with Crippen molar-refractivity contribution in [3.63, 3.8) is 0 Å². The molecule has 0 aromatic heterocycles. The summed E-state index contributed by atoms with van der Waals surface area (Å²) in [4.78, 5) is 12.7. The van der Waals surface area contributed by atoms with Crippen LogP contribution < -0.4 is 14.8 Å². The summed E-state index contributed by atoms with van der Waals surface area (Å²) >= 11 is 6.24. The molecule has 1 fully saturated rings. The van der Waals surface area contributed by atoms with E-state index in [0.717, 1.165) is 17.7 Å². The van der Waals surface area contributed by atoms with E-state index < -0.39 is 21.9 Å². The van der Waals surface area contributed by atoms with Crippen LogP contribution in [0.2, 0.25) is 5.02 Å². The van der Waals surface area contributed by atoms with Crippen LogP contribution in [0.1, 0.15) is 18.4 Å². The van der Waals surface area contributed by atoms with Gasteiger partial charge < -0.3 is 14.8 Å². The van der Waals surface area contributed by atoms with Gasteiger partial charge >= 0.3 is 0 Å². The van der Waals surface area contributed by atoms with Crippen molar-refractivity contribution in [1.82, 2.24) is 9.62 Å². The molecule has 166 valence electrons. The molecule has 7 nitrogen and oxygen atoms in total. The molecule has 1 amide bonds. The smallest absolute Gasteiger partial charge is 0.243 e. The number of amides is 1. The maximum atomic E-state index is 13.2. The minimum atomic E-state index is -3.88. The Morgan fingerprint density at radius 1 is 1.19 bits per heavy atom. The number of sulfonamides is 1. The average molecular weight is 469 g/mol. The Hall–Kier alpha value is -2.36. The van der Waals surface area contributed by atoms with Crippen molar-refractivity contribution in [2.45, 2.75) is 30.2 Å². The predicted molar refractivity (Wildman–Crippen MR) is 112 cm³/mol. The van der Waals surface area contributed by atoms with Crippen molar-refractivity contribution in [2.24, 2.45) is 0 Å². The minimum absolute atomic E-state index is 0.0282. The van der Waals surface area contributed by atoms with Crippen molar-refractivity contribution in [2.75, 3.05) is 26.3 Å². The third kappa shape index (κ3) is 4.63. The van der Waals surface area contributed by atoms with Crippen molar-refractivity contribution < 1.29 is 27.1 Å². The number of ether oxygens (including phenoxy) is 2. The monoisotopic (exact) mass is 468 g/mol. The zero-order valence-corrected chi connectivity index (χ0v) is 18.2. The molecule has 4 rings (SSSR count). The lowest BCUT2D eigenvalue weighted by molar-refractivity contribution is -0.124. The summed E-state index contributed by atoms with van der Waals surface area (Å²) < 4.78 is 51.2. The van der Waals surface area contributed by atoms with Gasteiger partial charge in [0.1, 0.15) is 25.1 Å². The van der Waals surface area contributed by atoms with Crippen LogP contribution in [0.3, 0.4) is 0 Å². The zero-order chi connectivity index (χ0) is 22.0. The number of fused-ring (bicyclic) bond motifs is 1. The highest BCUT2D eigenvalue weighted by molar-refractivity contribution is 7.89. The molecule has 0 unspecified atom stereocenters. The second-order valence-corrected chi connectivity index (χ2v) is 9.67. The third-order valence-corrected chi connectivity index (χ3v) is 7.50. The van der Waals surface area contributed by atoms with Crippen molar-refractivity contribution >= 4 is 27.5 Å². The van der Waals surface area contributed by atoms with E-state index in [1.165, 1.54) is 16.4 Å². The molecule has 2 heterocycles. The fourth-order valence-electron chi connectivity index (χ4n) is 3.79. The van der Waals surface area contributed by atoms with Crippen molar-refractivity contribution in [1.29, 1.82) is 0 Å². The van der Waals surface area contributed by atoms with E-state index in [9.17, 15) is 17.6 Å². The van der Waals surface area contributed by atoms with E-state index in [1.807, 2.05) is 6.07 Å². The molecule has 2 aliphatic rings. The van der Waals surface area contributed by atoms with Gasteiger partial charge in [-0.2, -0.15) is 4.31 Å². The largest absolute Gasteiger partial charge is 0.486 e. The quantitative estimate of drug-likeness (QED) is 0.704. The van der Waals surface area contributed by atoms with Crippen LogP contribution in [0.4, 0.5) is 4.39 Å². The predicted octanol–water partition coefficient (Wildman–Crippen LogP) is 2.76. The van der Waals surface area contributed by atoms with Gasteiger partial charge in [0.15, 0.2) is 11.5 Å². The normalized spacial score (nSPS) is 18.7. The second kappa shape index (κ2) is 9.02. The summed E-state index contributed by atoms with van der Waals surface area (Å²) in [6, 6.07) is 7.41. The highest BCUT2D eigenvalue weighted by Gasteiger charge is 2.39. The summed E-state index contributed by atoms with van der Waals surface area (Å²) in [6.07, 6.45) is 1.51. The lowest BCUT2D eigenvalue weighted by Crippen LogP contribution is -2.46. The average Bonchev–Trinajstić information content (AvgIpc) is 3.25. The molecular weight excluding hydrogens is 447 g/mol. The van der Waals surface area contributed by atoms with Crippen LogP contribution in [0.15, 0.2) is 41.3 Å². The second-order valence-electron chi connectivity index (χ2n) is 7.37. The summed E-state index contributed by atoms with van der Waals surface area (Å²) in [6.45, 7) is 1.45. The number of nitrogens with zero attached hydrogens (tertiary/aromatic N) is 1. The molecular formula is C21H22ClFN2O5S. The summed E-state index contributed by atoms with van der Waals surface area (Å²) in [7, 11) is -3.88. The first-order valence-corrected chi connectivity index (χ1v) is 11.8. The number of hydrogen-bond acceptors (Lipinski definition) is 5. The Bertz CT molecular complexity index is 1080. The number of carbonyl (C=O) groups is 1. The van der Waals surface area contributed by atoms with E-state index >= 15 is 0 Å². The highest BCUT2D eigenvalue weighted by atomic mass is 35.5. The van der Waals surface area contributed by atoms with Gasteiger partial charge in [-0.1, -0.05) is 11.6 Å².